The molecule has 0 saturated carbocycles. The monoisotopic (exact) mass is 288 g/mol. The summed E-state index contributed by atoms with van der Waals surface area (Å²) in [6, 6.07) is 8.68. The molecule has 1 N–H and O–H groups in total. The highest BCUT2D eigenvalue weighted by Gasteiger charge is 2.32. The lowest BCUT2D eigenvalue weighted by atomic mass is 9.99. The molecule has 1 aliphatic rings. The number of benzene rings is 1. The van der Waals surface area contributed by atoms with E-state index in [-0.39, 0.29) is 12.1 Å². The first-order valence-corrected chi connectivity index (χ1v) is 8.19. The summed E-state index contributed by atoms with van der Waals surface area (Å²) in [7, 11) is 0. The summed E-state index contributed by atoms with van der Waals surface area (Å²) >= 11 is 0. The van der Waals surface area contributed by atoms with Crippen molar-refractivity contribution in [3.8, 4) is 0 Å². The third kappa shape index (κ3) is 3.65. The number of nitrogens with one attached hydrogen (secondary N) is 1. The Labute approximate surface area is 128 Å². The van der Waals surface area contributed by atoms with Gasteiger partial charge in [-0.15, -0.1) is 0 Å². The molecular weight excluding hydrogens is 260 g/mol. The number of hydrogen-bond acceptors (Lipinski definition) is 2. The maximum atomic E-state index is 12.2. The smallest absolute Gasteiger partial charge is 0.238 e. The van der Waals surface area contributed by atoms with Crippen LogP contribution in [0.4, 0.5) is 0 Å². The molecule has 1 aromatic rings. The lowest BCUT2D eigenvalue weighted by molar-refractivity contribution is -0.128. The Hall–Kier alpha value is -1.35. The average molecular weight is 288 g/mol. The van der Waals surface area contributed by atoms with Crippen LogP contribution in [-0.4, -0.2) is 23.9 Å². The molecule has 21 heavy (non-hydrogen) atoms. The van der Waals surface area contributed by atoms with Crippen molar-refractivity contribution >= 4 is 5.91 Å². The van der Waals surface area contributed by atoms with Crippen LogP contribution in [0, 0.1) is 5.92 Å². The number of amides is 1. The standard InChI is InChI=1S/C18H28N2O/c1-5-14(6-2)12-20-17(21)11-19-18(20)16-9-7-15(8-10-16)13(3)4/h7-10,13-14,18-19H,5-6,11-12H2,1-4H3. The zero-order valence-electron chi connectivity index (χ0n) is 13.7. The highest BCUT2D eigenvalue weighted by molar-refractivity contribution is 5.81. The van der Waals surface area contributed by atoms with Gasteiger partial charge in [0.15, 0.2) is 0 Å². The van der Waals surface area contributed by atoms with E-state index >= 15 is 0 Å². The first-order valence-electron chi connectivity index (χ1n) is 8.19. The molecule has 0 spiro atoms. The van der Waals surface area contributed by atoms with Crippen molar-refractivity contribution in [1.29, 1.82) is 0 Å². The molecule has 0 radical (unpaired) electrons. The zero-order chi connectivity index (χ0) is 15.4. The topological polar surface area (TPSA) is 32.3 Å². The molecule has 0 bridgehead atoms. The number of nitrogens with zero attached hydrogens (tertiary/aromatic N) is 1. The molecule has 2 rings (SSSR count). The van der Waals surface area contributed by atoms with Crippen LogP contribution >= 0.6 is 0 Å². The fourth-order valence-electron chi connectivity index (χ4n) is 2.93. The minimum atomic E-state index is 0.0410. The Kier molecular flexibility index (Phi) is 5.40. The van der Waals surface area contributed by atoms with E-state index in [4.69, 9.17) is 0 Å². The first-order chi connectivity index (χ1) is 10.1. The van der Waals surface area contributed by atoms with Gasteiger partial charge in [0.2, 0.25) is 5.91 Å². The summed E-state index contributed by atoms with van der Waals surface area (Å²) in [5.74, 6) is 1.35. The summed E-state index contributed by atoms with van der Waals surface area (Å²) in [5.41, 5.74) is 2.53. The summed E-state index contributed by atoms with van der Waals surface area (Å²) in [5, 5.41) is 3.35. The van der Waals surface area contributed by atoms with Crippen LogP contribution < -0.4 is 5.32 Å². The van der Waals surface area contributed by atoms with Crippen molar-refractivity contribution in [3.63, 3.8) is 0 Å². The second-order valence-corrected chi connectivity index (χ2v) is 6.33. The van der Waals surface area contributed by atoms with Crippen LogP contribution in [0.2, 0.25) is 0 Å². The van der Waals surface area contributed by atoms with E-state index in [2.05, 4.69) is 57.3 Å². The van der Waals surface area contributed by atoms with Crippen molar-refractivity contribution in [3.05, 3.63) is 35.4 Å². The van der Waals surface area contributed by atoms with Crippen LogP contribution in [0.5, 0.6) is 0 Å². The van der Waals surface area contributed by atoms with Crippen molar-refractivity contribution in [1.82, 2.24) is 10.2 Å². The van der Waals surface area contributed by atoms with Crippen LogP contribution in [0.3, 0.4) is 0 Å². The number of rotatable bonds is 6. The molecule has 1 heterocycles. The van der Waals surface area contributed by atoms with Crippen molar-refractivity contribution in [2.75, 3.05) is 13.1 Å². The summed E-state index contributed by atoms with van der Waals surface area (Å²) in [6.45, 7) is 10.1. The predicted octanol–water partition coefficient (Wildman–Crippen LogP) is 3.68. The normalized spacial score (nSPS) is 19.0. The van der Waals surface area contributed by atoms with Gasteiger partial charge in [-0.05, 0) is 23.0 Å². The largest absolute Gasteiger partial charge is 0.322 e. The SMILES string of the molecule is CCC(CC)CN1C(=O)CNC1c1ccc(C(C)C)cc1. The van der Waals surface area contributed by atoms with Gasteiger partial charge in [-0.2, -0.15) is 0 Å². The quantitative estimate of drug-likeness (QED) is 0.866. The Balaban J connectivity index is 2.15. The highest BCUT2D eigenvalue weighted by atomic mass is 16.2. The van der Waals surface area contributed by atoms with E-state index < -0.39 is 0 Å². The minimum Gasteiger partial charge on any atom is -0.322 e. The van der Waals surface area contributed by atoms with Crippen LogP contribution in [0.25, 0.3) is 0 Å². The number of hydrogen-bond donors (Lipinski definition) is 1. The lowest BCUT2D eigenvalue weighted by Gasteiger charge is -2.28. The van der Waals surface area contributed by atoms with Gasteiger partial charge in [0.25, 0.3) is 0 Å². The number of carbonyl (C=O) groups is 1. The second-order valence-electron chi connectivity index (χ2n) is 6.33. The molecule has 1 aromatic carbocycles. The molecule has 1 atom stereocenters. The zero-order valence-corrected chi connectivity index (χ0v) is 13.7. The Morgan fingerprint density at radius 3 is 2.33 bits per heavy atom. The molecule has 1 fully saturated rings. The first kappa shape index (κ1) is 16.0. The summed E-state index contributed by atoms with van der Waals surface area (Å²) < 4.78 is 0. The summed E-state index contributed by atoms with van der Waals surface area (Å²) in [4.78, 5) is 14.2. The molecule has 1 amide bonds. The van der Waals surface area contributed by atoms with Crippen LogP contribution in [0.15, 0.2) is 24.3 Å². The van der Waals surface area contributed by atoms with E-state index in [1.165, 1.54) is 11.1 Å². The van der Waals surface area contributed by atoms with E-state index in [0.717, 1.165) is 19.4 Å². The molecular formula is C18H28N2O. The van der Waals surface area contributed by atoms with Crippen molar-refractivity contribution < 1.29 is 4.79 Å². The Morgan fingerprint density at radius 1 is 1.19 bits per heavy atom. The molecule has 1 saturated heterocycles. The van der Waals surface area contributed by atoms with Gasteiger partial charge in [-0.3, -0.25) is 10.1 Å². The van der Waals surface area contributed by atoms with Gasteiger partial charge in [-0.25, -0.2) is 0 Å². The highest BCUT2D eigenvalue weighted by Crippen LogP contribution is 2.26. The molecule has 3 heteroatoms. The van der Waals surface area contributed by atoms with Gasteiger partial charge < -0.3 is 4.90 Å². The Morgan fingerprint density at radius 2 is 1.81 bits per heavy atom. The maximum Gasteiger partial charge on any atom is 0.238 e. The van der Waals surface area contributed by atoms with Gasteiger partial charge in [0.1, 0.15) is 6.17 Å². The molecule has 0 aliphatic carbocycles. The van der Waals surface area contributed by atoms with E-state index in [1.807, 2.05) is 4.90 Å². The fraction of sp³-hybridized carbons (Fsp3) is 0.611. The van der Waals surface area contributed by atoms with Crippen LogP contribution in [-0.2, 0) is 4.79 Å². The van der Waals surface area contributed by atoms with Crippen molar-refractivity contribution in [2.45, 2.75) is 52.6 Å². The third-order valence-electron chi connectivity index (χ3n) is 4.61. The van der Waals surface area contributed by atoms with Gasteiger partial charge in [0.05, 0.1) is 6.54 Å². The molecule has 1 aliphatic heterocycles. The van der Waals surface area contributed by atoms with E-state index in [0.29, 0.717) is 18.4 Å². The molecule has 116 valence electrons. The Bertz CT molecular complexity index is 463. The van der Waals surface area contributed by atoms with Crippen molar-refractivity contribution in [2.24, 2.45) is 5.92 Å². The summed E-state index contributed by atoms with van der Waals surface area (Å²) in [6.07, 6.45) is 2.29. The lowest BCUT2D eigenvalue weighted by Crippen LogP contribution is -2.34. The molecule has 1 unspecified atom stereocenters. The molecule has 0 aromatic heterocycles. The maximum absolute atomic E-state index is 12.2. The third-order valence-corrected chi connectivity index (χ3v) is 4.61. The molecule has 3 nitrogen and oxygen atoms in total. The van der Waals surface area contributed by atoms with Gasteiger partial charge >= 0.3 is 0 Å². The second kappa shape index (κ2) is 7.08. The fourth-order valence-corrected chi connectivity index (χ4v) is 2.93. The average Bonchev–Trinajstić information content (AvgIpc) is 2.85. The predicted molar refractivity (Wildman–Crippen MR) is 87.1 cm³/mol. The number of carbonyl (C=O) groups excluding carboxylic acids is 1. The van der Waals surface area contributed by atoms with Gasteiger partial charge in [-0.1, -0.05) is 64.8 Å². The van der Waals surface area contributed by atoms with Crippen LogP contribution in [0.1, 0.15) is 63.7 Å². The van der Waals surface area contributed by atoms with Gasteiger partial charge in [0, 0.05) is 6.54 Å². The van der Waals surface area contributed by atoms with E-state index in [9.17, 15) is 4.79 Å². The minimum absolute atomic E-state index is 0.0410. The van der Waals surface area contributed by atoms with E-state index in [1.54, 1.807) is 0 Å².